The normalized spacial score (nSPS) is 10.5. The third kappa shape index (κ3) is 4.76. The number of amides is 2. The largest absolute Gasteiger partial charge is 0.467 e. The van der Waals surface area contributed by atoms with Gasteiger partial charge in [-0.25, -0.2) is 4.79 Å². The van der Waals surface area contributed by atoms with Gasteiger partial charge in [0, 0.05) is 12.2 Å². The molecule has 0 radical (unpaired) electrons. The Labute approximate surface area is 154 Å². The molecule has 2 amide bonds. The molecule has 134 valence electrons. The number of carbonyl (C=O) groups is 1. The topological polar surface area (TPSA) is 45.5 Å². The quantitative estimate of drug-likeness (QED) is 0.668. The van der Waals surface area contributed by atoms with E-state index in [9.17, 15) is 4.79 Å². The summed E-state index contributed by atoms with van der Waals surface area (Å²) in [6, 6.07) is 19.7. The molecule has 26 heavy (non-hydrogen) atoms. The van der Waals surface area contributed by atoms with Crippen molar-refractivity contribution in [3.8, 4) is 0 Å². The zero-order valence-electron chi connectivity index (χ0n) is 15.2. The summed E-state index contributed by atoms with van der Waals surface area (Å²) < 4.78 is 5.43. The predicted octanol–water partition coefficient (Wildman–Crippen LogP) is 5.17. The van der Waals surface area contributed by atoms with E-state index in [1.807, 2.05) is 55.5 Å². The summed E-state index contributed by atoms with van der Waals surface area (Å²) in [4.78, 5) is 14.6. The Kier molecular flexibility index (Phi) is 5.74. The second-order valence-electron chi connectivity index (χ2n) is 6.47. The van der Waals surface area contributed by atoms with Gasteiger partial charge in [0.1, 0.15) is 5.76 Å². The van der Waals surface area contributed by atoms with Crippen LogP contribution in [-0.4, -0.2) is 17.5 Å². The number of aryl methyl sites for hydroxylation is 2. The molecule has 3 rings (SSSR count). The minimum absolute atomic E-state index is 0.124. The molecule has 0 saturated carbocycles. The number of urea groups is 1. The molecular formula is C22H24N2O2. The summed E-state index contributed by atoms with van der Waals surface area (Å²) in [6.45, 7) is 5.16. The van der Waals surface area contributed by atoms with Crippen molar-refractivity contribution < 1.29 is 9.21 Å². The molecule has 0 aliphatic heterocycles. The van der Waals surface area contributed by atoms with Crippen LogP contribution in [0.25, 0.3) is 0 Å². The molecule has 0 atom stereocenters. The number of hydrogen-bond acceptors (Lipinski definition) is 2. The van der Waals surface area contributed by atoms with Crippen molar-refractivity contribution in [2.24, 2.45) is 0 Å². The van der Waals surface area contributed by atoms with Crippen molar-refractivity contribution in [3.63, 3.8) is 0 Å². The molecule has 0 bridgehead atoms. The van der Waals surface area contributed by atoms with E-state index >= 15 is 0 Å². The number of carbonyl (C=O) groups excluding carboxylic acids is 1. The zero-order chi connectivity index (χ0) is 18.4. The van der Waals surface area contributed by atoms with Crippen molar-refractivity contribution >= 4 is 11.7 Å². The van der Waals surface area contributed by atoms with Crippen molar-refractivity contribution in [1.29, 1.82) is 0 Å². The third-order valence-corrected chi connectivity index (χ3v) is 4.49. The summed E-state index contributed by atoms with van der Waals surface area (Å²) in [7, 11) is 0. The first-order valence-electron chi connectivity index (χ1n) is 8.81. The van der Waals surface area contributed by atoms with Gasteiger partial charge in [0.05, 0.1) is 12.8 Å². The maximum absolute atomic E-state index is 12.8. The lowest BCUT2D eigenvalue weighted by Gasteiger charge is -2.22. The van der Waals surface area contributed by atoms with Crippen molar-refractivity contribution in [1.82, 2.24) is 4.90 Å². The van der Waals surface area contributed by atoms with Gasteiger partial charge in [-0.2, -0.15) is 0 Å². The van der Waals surface area contributed by atoms with Crippen LogP contribution in [0.5, 0.6) is 0 Å². The molecule has 4 nitrogen and oxygen atoms in total. The Bertz CT molecular complexity index is 842. The van der Waals surface area contributed by atoms with Crippen molar-refractivity contribution in [2.75, 3.05) is 11.9 Å². The van der Waals surface area contributed by atoms with Gasteiger partial charge in [0.15, 0.2) is 0 Å². The summed E-state index contributed by atoms with van der Waals surface area (Å²) in [5.74, 6) is 0.772. The molecule has 0 aliphatic rings. The minimum Gasteiger partial charge on any atom is -0.467 e. The van der Waals surface area contributed by atoms with E-state index in [2.05, 4.69) is 24.4 Å². The maximum Gasteiger partial charge on any atom is 0.322 e. The molecule has 1 heterocycles. The number of anilines is 1. The first-order chi connectivity index (χ1) is 12.6. The molecule has 4 heteroatoms. The Morgan fingerprint density at radius 2 is 1.81 bits per heavy atom. The fourth-order valence-electron chi connectivity index (χ4n) is 2.77. The van der Waals surface area contributed by atoms with E-state index < -0.39 is 0 Å². The van der Waals surface area contributed by atoms with Crippen LogP contribution in [0.2, 0.25) is 0 Å². The van der Waals surface area contributed by atoms with E-state index in [0.717, 1.165) is 23.4 Å². The van der Waals surface area contributed by atoms with E-state index in [4.69, 9.17) is 4.42 Å². The lowest BCUT2D eigenvalue weighted by molar-refractivity contribution is 0.205. The van der Waals surface area contributed by atoms with Crippen LogP contribution >= 0.6 is 0 Å². The van der Waals surface area contributed by atoms with E-state index in [-0.39, 0.29) is 6.03 Å². The molecule has 1 aromatic heterocycles. The number of hydrogen-bond donors (Lipinski definition) is 1. The molecule has 0 fully saturated rings. The fourth-order valence-corrected chi connectivity index (χ4v) is 2.77. The number of nitrogens with zero attached hydrogens (tertiary/aromatic N) is 1. The monoisotopic (exact) mass is 348 g/mol. The number of rotatable bonds is 6. The van der Waals surface area contributed by atoms with Crippen molar-refractivity contribution in [3.05, 3.63) is 89.4 Å². The molecule has 0 saturated heterocycles. The highest BCUT2D eigenvalue weighted by molar-refractivity contribution is 5.89. The zero-order valence-corrected chi connectivity index (χ0v) is 15.2. The van der Waals surface area contributed by atoms with E-state index in [1.54, 1.807) is 11.2 Å². The Morgan fingerprint density at radius 1 is 1.00 bits per heavy atom. The van der Waals surface area contributed by atoms with Crippen LogP contribution in [0.4, 0.5) is 10.5 Å². The van der Waals surface area contributed by atoms with Crippen LogP contribution in [-0.2, 0) is 13.0 Å². The standard InChI is InChI=1S/C22H24N2O2/c1-17-10-11-20(15-18(17)2)23-22(25)24(16-21-9-6-14-26-21)13-12-19-7-4-3-5-8-19/h3-11,14-15H,12-13,16H2,1-2H3,(H,23,25). The molecule has 2 aromatic carbocycles. The second kappa shape index (κ2) is 8.39. The molecule has 1 N–H and O–H groups in total. The van der Waals surface area contributed by atoms with Gasteiger partial charge in [0.2, 0.25) is 0 Å². The van der Waals surface area contributed by atoms with Crippen LogP contribution in [0.3, 0.4) is 0 Å². The summed E-state index contributed by atoms with van der Waals surface area (Å²) in [6.07, 6.45) is 2.42. The Balaban J connectivity index is 1.70. The molecule has 3 aromatic rings. The van der Waals surface area contributed by atoms with Gasteiger partial charge in [0.25, 0.3) is 0 Å². The number of benzene rings is 2. The predicted molar refractivity (Wildman–Crippen MR) is 104 cm³/mol. The lowest BCUT2D eigenvalue weighted by Crippen LogP contribution is -2.36. The second-order valence-corrected chi connectivity index (χ2v) is 6.47. The van der Waals surface area contributed by atoms with Gasteiger partial charge >= 0.3 is 6.03 Å². The summed E-state index contributed by atoms with van der Waals surface area (Å²) in [5, 5.41) is 3.00. The van der Waals surface area contributed by atoms with Crippen LogP contribution in [0.1, 0.15) is 22.5 Å². The van der Waals surface area contributed by atoms with Gasteiger partial charge in [-0.05, 0) is 61.2 Å². The van der Waals surface area contributed by atoms with Crippen LogP contribution < -0.4 is 5.32 Å². The fraction of sp³-hybridized carbons (Fsp3) is 0.227. The average Bonchev–Trinajstić information content (AvgIpc) is 3.15. The number of furan rings is 1. The van der Waals surface area contributed by atoms with E-state index in [0.29, 0.717) is 13.1 Å². The van der Waals surface area contributed by atoms with Crippen LogP contribution in [0, 0.1) is 13.8 Å². The number of nitrogens with one attached hydrogen (secondary N) is 1. The highest BCUT2D eigenvalue weighted by Gasteiger charge is 2.16. The van der Waals surface area contributed by atoms with Crippen molar-refractivity contribution in [2.45, 2.75) is 26.8 Å². The molecule has 0 unspecified atom stereocenters. The first kappa shape index (κ1) is 17.8. The minimum atomic E-state index is -0.124. The molecular weight excluding hydrogens is 324 g/mol. The summed E-state index contributed by atoms with van der Waals surface area (Å²) in [5.41, 5.74) is 4.38. The molecule has 0 aliphatic carbocycles. The molecule has 0 spiro atoms. The Hall–Kier alpha value is -3.01. The van der Waals surface area contributed by atoms with Gasteiger partial charge in [-0.3, -0.25) is 0 Å². The highest BCUT2D eigenvalue weighted by atomic mass is 16.3. The third-order valence-electron chi connectivity index (χ3n) is 4.49. The first-order valence-corrected chi connectivity index (χ1v) is 8.81. The maximum atomic E-state index is 12.8. The van der Waals surface area contributed by atoms with Gasteiger partial charge < -0.3 is 14.6 Å². The van der Waals surface area contributed by atoms with Gasteiger partial charge in [-0.15, -0.1) is 0 Å². The van der Waals surface area contributed by atoms with Gasteiger partial charge in [-0.1, -0.05) is 36.4 Å². The lowest BCUT2D eigenvalue weighted by atomic mass is 10.1. The summed E-state index contributed by atoms with van der Waals surface area (Å²) >= 11 is 0. The highest BCUT2D eigenvalue weighted by Crippen LogP contribution is 2.16. The van der Waals surface area contributed by atoms with E-state index in [1.165, 1.54) is 11.1 Å². The average molecular weight is 348 g/mol. The Morgan fingerprint density at radius 3 is 2.50 bits per heavy atom. The SMILES string of the molecule is Cc1ccc(NC(=O)N(CCc2ccccc2)Cc2ccco2)cc1C. The smallest absolute Gasteiger partial charge is 0.322 e. The van der Waals surface area contributed by atoms with Crippen LogP contribution in [0.15, 0.2) is 71.3 Å².